The summed E-state index contributed by atoms with van der Waals surface area (Å²) in [6.45, 7) is 6.88. The van der Waals surface area contributed by atoms with Crippen molar-refractivity contribution in [2.24, 2.45) is 0 Å². The molecule has 0 aliphatic carbocycles. The van der Waals surface area contributed by atoms with Gasteiger partial charge in [-0.2, -0.15) is 5.10 Å². The molecule has 0 spiro atoms. The molecule has 0 amide bonds. The van der Waals surface area contributed by atoms with E-state index in [0.29, 0.717) is 5.75 Å². The zero-order valence-electron chi connectivity index (χ0n) is 12.6. The second-order valence-corrected chi connectivity index (χ2v) is 5.08. The van der Waals surface area contributed by atoms with Crippen LogP contribution in [0, 0.1) is 13.8 Å². The Bertz CT molecular complexity index is 590. The lowest BCUT2D eigenvalue weighted by Gasteiger charge is -2.17. The van der Waals surface area contributed by atoms with Crippen LogP contribution in [-0.4, -0.2) is 22.0 Å². The van der Waals surface area contributed by atoms with Crippen molar-refractivity contribution in [2.75, 3.05) is 7.11 Å². The van der Waals surface area contributed by atoms with Crippen LogP contribution in [0.15, 0.2) is 24.4 Å². The number of nitrogens with zero attached hydrogens (tertiary/aromatic N) is 2. The quantitative estimate of drug-likeness (QED) is 0.911. The molecular formula is C16H22N2O2. The Balaban J connectivity index is 2.48. The average molecular weight is 274 g/mol. The minimum absolute atomic E-state index is 0.631. The van der Waals surface area contributed by atoms with Gasteiger partial charge in [0.25, 0.3) is 0 Å². The molecule has 1 N–H and O–H groups in total. The maximum absolute atomic E-state index is 10.8. The van der Waals surface area contributed by atoms with Gasteiger partial charge in [0, 0.05) is 6.54 Å². The summed E-state index contributed by atoms with van der Waals surface area (Å²) < 4.78 is 7.17. The van der Waals surface area contributed by atoms with Crippen LogP contribution < -0.4 is 4.74 Å². The number of aromatic nitrogens is 2. The first-order valence-electron chi connectivity index (χ1n) is 6.93. The van der Waals surface area contributed by atoms with Gasteiger partial charge < -0.3 is 9.84 Å². The Hall–Kier alpha value is -1.81. The maximum atomic E-state index is 10.8. The first-order chi connectivity index (χ1) is 9.58. The second kappa shape index (κ2) is 6.09. The van der Waals surface area contributed by atoms with E-state index in [0.717, 1.165) is 35.3 Å². The molecule has 2 aromatic rings. The van der Waals surface area contributed by atoms with Crippen molar-refractivity contribution in [2.45, 2.75) is 39.8 Å². The van der Waals surface area contributed by atoms with Crippen molar-refractivity contribution < 1.29 is 9.84 Å². The third-order valence-electron chi connectivity index (χ3n) is 3.49. The molecule has 4 nitrogen and oxygen atoms in total. The number of aliphatic hydroxyl groups excluding tert-OH is 1. The lowest BCUT2D eigenvalue weighted by Crippen LogP contribution is -2.12. The highest BCUT2D eigenvalue weighted by atomic mass is 16.5. The molecule has 0 saturated carbocycles. The summed E-state index contributed by atoms with van der Waals surface area (Å²) in [5.74, 6) is 0.631. The third kappa shape index (κ3) is 2.70. The van der Waals surface area contributed by atoms with Gasteiger partial charge in [0.2, 0.25) is 0 Å². The largest absolute Gasteiger partial charge is 0.493 e. The van der Waals surface area contributed by atoms with Crippen LogP contribution in [-0.2, 0) is 6.54 Å². The summed E-state index contributed by atoms with van der Waals surface area (Å²) in [6, 6.07) is 6.09. The Labute approximate surface area is 120 Å². The van der Waals surface area contributed by atoms with E-state index in [4.69, 9.17) is 4.74 Å². The van der Waals surface area contributed by atoms with E-state index in [2.05, 4.69) is 12.0 Å². The van der Waals surface area contributed by atoms with E-state index < -0.39 is 6.10 Å². The second-order valence-electron chi connectivity index (χ2n) is 5.08. The van der Waals surface area contributed by atoms with Crippen molar-refractivity contribution in [1.82, 2.24) is 9.78 Å². The van der Waals surface area contributed by atoms with Crippen molar-refractivity contribution in [3.05, 3.63) is 46.8 Å². The fourth-order valence-electron chi connectivity index (χ4n) is 2.40. The zero-order valence-corrected chi connectivity index (χ0v) is 12.6. The summed E-state index contributed by atoms with van der Waals surface area (Å²) in [6.07, 6.45) is 1.90. The fourth-order valence-corrected chi connectivity index (χ4v) is 2.40. The molecule has 0 saturated heterocycles. The number of hydrogen-bond acceptors (Lipinski definition) is 3. The molecule has 1 atom stereocenters. The molecule has 0 radical (unpaired) electrons. The van der Waals surface area contributed by atoms with Gasteiger partial charge in [0.1, 0.15) is 11.8 Å². The van der Waals surface area contributed by atoms with E-state index in [9.17, 15) is 5.11 Å². The van der Waals surface area contributed by atoms with Gasteiger partial charge in [0.15, 0.2) is 5.75 Å². The fraction of sp³-hybridized carbons (Fsp3) is 0.438. The van der Waals surface area contributed by atoms with Gasteiger partial charge in [-0.05, 0) is 31.4 Å². The minimum Gasteiger partial charge on any atom is -0.493 e. The molecule has 4 heteroatoms. The Kier molecular flexibility index (Phi) is 4.45. The normalized spacial score (nSPS) is 12.4. The molecular weight excluding hydrogens is 252 g/mol. The SMILES string of the molecule is CCCn1ncc(OC)c1C(O)c1cc(C)ccc1C. The van der Waals surface area contributed by atoms with Gasteiger partial charge >= 0.3 is 0 Å². The summed E-state index contributed by atoms with van der Waals surface area (Å²) in [7, 11) is 1.60. The van der Waals surface area contributed by atoms with Crippen LogP contribution >= 0.6 is 0 Å². The molecule has 20 heavy (non-hydrogen) atoms. The minimum atomic E-state index is -0.723. The van der Waals surface area contributed by atoms with Crippen LogP contribution in [0.25, 0.3) is 0 Å². The van der Waals surface area contributed by atoms with Crippen LogP contribution in [0.3, 0.4) is 0 Å². The zero-order chi connectivity index (χ0) is 14.7. The molecule has 1 aromatic heterocycles. The summed E-state index contributed by atoms with van der Waals surface area (Å²) in [5.41, 5.74) is 3.82. The lowest BCUT2D eigenvalue weighted by atomic mass is 9.98. The predicted molar refractivity (Wildman–Crippen MR) is 79.0 cm³/mol. The number of benzene rings is 1. The molecule has 0 aliphatic heterocycles. The predicted octanol–water partition coefficient (Wildman–Crippen LogP) is 3.00. The van der Waals surface area contributed by atoms with Crippen LogP contribution in [0.2, 0.25) is 0 Å². The van der Waals surface area contributed by atoms with E-state index in [1.807, 2.05) is 36.7 Å². The van der Waals surface area contributed by atoms with Gasteiger partial charge in [-0.25, -0.2) is 0 Å². The average Bonchev–Trinajstić information content (AvgIpc) is 2.84. The van der Waals surface area contributed by atoms with Crippen molar-refractivity contribution in [1.29, 1.82) is 0 Å². The Morgan fingerprint density at radius 1 is 1.35 bits per heavy atom. The smallest absolute Gasteiger partial charge is 0.163 e. The number of ether oxygens (including phenoxy) is 1. The summed E-state index contributed by atoms with van der Waals surface area (Å²) in [5, 5.41) is 15.1. The molecule has 0 bridgehead atoms. The first kappa shape index (κ1) is 14.6. The third-order valence-corrected chi connectivity index (χ3v) is 3.49. The van der Waals surface area contributed by atoms with Gasteiger partial charge in [-0.1, -0.05) is 30.7 Å². The first-order valence-corrected chi connectivity index (χ1v) is 6.93. The van der Waals surface area contributed by atoms with Crippen LogP contribution in [0.5, 0.6) is 5.75 Å². The number of aliphatic hydroxyl groups is 1. The lowest BCUT2D eigenvalue weighted by molar-refractivity contribution is 0.201. The van der Waals surface area contributed by atoms with Crippen molar-refractivity contribution >= 4 is 0 Å². The van der Waals surface area contributed by atoms with Crippen LogP contribution in [0.4, 0.5) is 0 Å². The maximum Gasteiger partial charge on any atom is 0.163 e. The molecule has 0 aliphatic rings. The molecule has 108 valence electrons. The molecule has 0 fully saturated rings. The highest BCUT2D eigenvalue weighted by Crippen LogP contribution is 2.32. The van der Waals surface area contributed by atoms with Crippen molar-refractivity contribution in [3.63, 3.8) is 0 Å². The van der Waals surface area contributed by atoms with E-state index in [-0.39, 0.29) is 0 Å². The highest BCUT2D eigenvalue weighted by molar-refractivity contribution is 5.40. The number of rotatable bonds is 5. The van der Waals surface area contributed by atoms with Crippen molar-refractivity contribution in [3.8, 4) is 5.75 Å². The van der Waals surface area contributed by atoms with Gasteiger partial charge in [-0.15, -0.1) is 0 Å². The molecule has 1 unspecified atom stereocenters. The Morgan fingerprint density at radius 2 is 2.10 bits per heavy atom. The molecule has 1 aromatic carbocycles. The van der Waals surface area contributed by atoms with Gasteiger partial charge in [-0.3, -0.25) is 4.68 Å². The van der Waals surface area contributed by atoms with Gasteiger partial charge in [0.05, 0.1) is 13.3 Å². The number of hydrogen-bond donors (Lipinski definition) is 1. The summed E-state index contributed by atoms with van der Waals surface area (Å²) >= 11 is 0. The number of aryl methyl sites for hydroxylation is 3. The monoisotopic (exact) mass is 274 g/mol. The Morgan fingerprint density at radius 3 is 2.75 bits per heavy atom. The van der Waals surface area contributed by atoms with E-state index >= 15 is 0 Å². The standard InChI is InChI=1S/C16H22N2O2/c1-5-8-18-15(14(20-4)10-17-18)16(19)13-9-11(2)6-7-12(13)3/h6-7,9-10,16,19H,5,8H2,1-4H3. The van der Waals surface area contributed by atoms with E-state index in [1.54, 1.807) is 13.3 Å². The van der Waals surface area contributed by atoms with Crippen LogP contribution in [0.1, 0.15) is 41.8 Å². The van der Waals surface area contributed by atoms with E-state index in [1.165, 1.54) is 0 Å². The topological polar surface area (TPSA) is 47.3 Å². The summed E-state index contributed by atoms with van der Waals surface area (Å²) in [4.78, 5) is 0. The number of methoxy groups -OCH3 is 1. The molecule has 2 rings (SSSR count). The highest BCUT2D eigenvalue weighted by Gasteiger charge is 2.22. The molecule has 1 heterocycles.